The Morgan fingerprint density at radius 3 is 2.68 bits per heavy atom. The average Bonchev–Trinajstić information content (AvgIpc) is 2.93. The third-order valence-electron chi connectivity index (χ3n) is 4.24. The van der Waals surface area contributed by atoms with Crippen LogP contribution in [-0.4, -0.2) is 10.8 Å². The van der Waals surface area contributed by atoms with Crippen LogP contribution < -0.4 is 0 Å². The lowest BCUT2D eigenvalue weighted by molar-refractivity contribution is 0.542. The smallest absolute Gasteiger partial charge is 0.237 e. The molecular formula is C18H17N3O. The number of aryl methyl sites for hydroxylation is 2. The zero-order chi connectivity index (χ0) is 15.9. The van der Waals surface area contributed by atoms with Crippen molar-refractivity contribution >= 4 is 23.0 Å². The van der Waals surface area contributed by atoms with E-state index in [1.807, 2.05) is 33.0 Å². The molecule has 0 amide bonds. The van der Waals surface area contributed by atoms with Gasteiger partial charge >= 0.3 is 0 Å². The highest BCUT2D eigenvalue weighted by atomic mass is 16.4. The number of furan rings is 1. The summed E-state index contributed by atoms with van der Waals surface area (Å²) < 4.78 is 7.73. The summed E-state index contributed by atoms with van der Waals surface area (Å²) in [5, 5.41) is 10.4. The summed E-state index contributed by atoms with van der Waals surface area (Å²) in [7, 11) is 2.04. The van der Waals surface area contributed by atoms with Gasteiger partial charge in [-0.1, -0.05) is 18.2 Å². The molecule has 0 N–H and O–H groups in total. The van der Waals surface area contributed by atoms with Crippen LogP contribution in [0.2, 0.25) is 0 Å². The third kappa shape index (κ3) is 2.03. The number of nitrogens with zero attached hydrogens (tertiary/aromatic N) is 3. The molecule has 0 saturated carbocycles. The maximum atomic E-state index is 9.25. The van der Waals surface area contributed by atoms with Gasteiger partial charge in [0.1, 0.15) is 17.4 Å². The van der Waals surface area contributed by atoms with Gasteiger partial charge in [-0.3, -0.25) is 0 Å². The molecule has 4 nitrogen and oxygen atoms in total. The first kappa shape index (κ1) is 14.2. The Morgan fingerprint density at radius 2 is 1.95 bits per heavy atom. The number of nitriles is 1. The van der Waals surface area contributed by atoms with Crippen molar-refractivity contribution in [3.8, 4) is 6.07 Å². The van der Waals surface area contributed by atoms with E-state index < -0.39 is 0 Å². The Bertz CT molecular complexity index is 936. The number of para-hydroxylation sites is 1. The summed E-state index contributed by atoms with van der Waals surface area (Å²) in [5.74, 6) is 1.11. The monoisotopic (exact) mass is 291 g/mol. The van der Waals surface area contributed by atoms with Gasteiger partial charge in [0.15, 0.2) is 0 Å². The normalized spacial score (nSPS) is 11.4. The van der Waals surface area contributed by atoms with Gasteiger partial charge < -0.3 is 8.98 Å². The minimum atomic E-state index is 0.379. The van der Waals surface area contributed by atoms with Crippen LogP contribution in [0.15, 0.2) is 33.7 Å². The molecule has 0 aliphatic rings. The number of aromatic nitrogens is 1. The van der Waals surface area contributed by atoms with Crippen LogP contribution in [0.3, 0.4) is 0 Å². The highest BCUT2D eigenvalue weighted by Crippen LogP contribution is 2.29. The van der Waals surface area contributed by atoms with Crippen molar-refractivity contribution in [3.63, 3.8) is 0 Å². The van der Waals surface area contributed by atoms with E-state index in [-0.39, 0.29) is 0 Å². The molecule has 2 heterocycles. The van der Waals surface area contributed by atoms with Crippen molar-refractivity contribution < 1.29 is 4.42 Å². The lowest BCUT2D eigenvalue weighted by atomic mass is 10.1. The summed E-state index contributed by atoms with van der Waals surface area (Å²) in [5.41, 5.74) is 4.70. The van der Waals surface area contributed by atoms with Gasteiger partial charge in [-0.25, -0.2) is 4.99 Å². The fraction of sp³-hybridized carbons (Fsp3) is 0.222. The van der Waals surface area contributed by atoms with Crippen molar-refractivity contribution in [2.24, 2.45) is 12.0 Å². The molecule has 0 fully saturated rings. The topological polar surface area (TPSA) is 54.2 Å². The Labute approximate surface area is 129 Å². The van der Waals surface area contributed by atoms with Gasteiger partial charge in [0.25, 0.3) is 0 Å². The number of fused-ring (bicyclic) bond motifs is 1. The summed E-state index contributed by atoms with van der Waals surface area (Å²) in [6.45, 7) is 5.78. The number of benzene rings is 1. The molecule has 0 radical (unpaired) electrons. The first-order chi connectivity index (χ1) is 10.5. The second kappa shape index (κ2) is 5.19. The SMILES string of the molecule is Cc1oc(N=Cc2c(C)n(C)c3ccccc23)c(C#N)c1C. The molecule has 4 heteroatoms. The summed E-state index contributed by atoms with van der Waals surface area (Å²) in [6.07, 6.45) is 1.79. The molecule has 3 aromatic rings. The van der Waals surface area contributed by atoms with Gasteiger partial charge in [0.05, 0.1) is 0 Å². The van der Waals surface area contributed by atoms with E-state index in [0.717, 1.165) is 33.5 Å². The van der Waals surface area contributed by atoms with Gasteiger partial charge in [-0.15, -0.1) is 0 Å². The second-order valence-electron chi connectivity index (χ2n) is 5.41. The van der Waals surface area contributed by atoms with E-state index in [0.29, 0.717) is 11.4 Å². The predicted octanol–water partition coefficient (Wildman–Crippen LogP) is 4.32. The van der Waals surface area contributed by atoms with E-state index in [4.69, 9.17) is 4.42 Å². The van der Waals surface area contributed by atoms with Crippen molar-refractivity contribution in [3.05, 3.63) is 52.4 Å². The van der Waals surface area contributed by atoms with Crippen LogP contribution >= 0.6 is 0 Å². The number of aliphatic imine (C=N–C) groups is 1. The van der Waals surface area contributed by atoms with Crippen LogP contribution in [0.5, 0.6) is 0 Å². The molecule has 0 saturated heterocycles. The molecule has 0 atom stereocenters. The third-order valence-corrected chi connectivity index (χ3v) is 4.24. The van der Waals surface area contributed by atoms with Crippen LogP contribution in [0, 0.1) is 32.1 Å². The summed E-state index contributed by atoms with van der Waals surface area (Å²) >= 11 is 0. The molecule has 3 rings (SSSR count). The zero-order valence-electron chi connectivity index (χ0n) is 13.1. The number of hydrogen-bond acceptors (Lipinski definition) is 3. The Balaban J connectivity index is 2.14. The molecule has 0 unspecified atom stereocenters. The summed E-state index contributed by atoms with van der Waals surface area (Å²) in [6, 6.07) is 10.4. The van der Waals surface area contributed by atoms with Crippen LogP contribution in [0.4, 0.5) is 5.88 Å². The second-order valence-corrected chi connectivity index (χ2v) is 5.41. The van der Waals surface area contributed by atoms with Crippen molar-refractivity contribution in [2.75, 3.05) is 0 Å². The average molecular weight is 291 g/mol. The molecule has 2 aromatic heterocycles. The van der Waals surface area contributed by atoms with E-state index in [2.05, 4.69) is 34.7 Å². The van der Waals surface area contributed by atoms with E-state index in [1.54, 1.807) is 6.21 Å². The minimum absolute atomic E-state index is 0.379. The minimum Gasteiger partial charge on any atom is -0.442 e. The Morgan fingerprint density at radius 1 is 1.23 bits per heavy atom. The fourth-order valence-corrected chi connectivity index (χ4v) is 2.67. The van der Waals surface area contributed by atoms with Crippen LogP contribution in [0.25, 0.3) is 10.9 Å². The molecule has 110 valence electrons. The lowest BCUT2D eigenvalue weighted by Crippen LogP contribution is -1.91. The highest BCUT2D eigenvalue weighted by Gasteiger charge is 2.14. The predicted molar refractivity (Wildman–Crippen MR) is 87.8 cm³/mol. The van der Waals surface area contributed by atoms with E-state index in [9.17, 15) is 5.26 Å². The van der Waals surface area contributed by atoms with Gasteiger partial charge in [-0.2, -0.15) is 5.26 Å². The van der Waals surface area contributed by atoms with Crippen LogP contribution in [0.1, 0.15) is 28.1 Å². The Hall–Kier alpha value is -2.80. The van der Waals surface area contributed by atoms with Gasteiger partial charge in [0.2, 0.25) is 5.88 Å². The molecule has 0 aliphatic heterocycles. The van der Waals surface area contributed by atoms with E-state index in [1.165, 1.54) is 0 Å². The molecule has 0 bridgehead atoms. The van der Waals surface area contributed by atoms with E-state index >= 15 is 0 Å². The van der Waals surface area contributed by atoms with Crippen LogP contribution in [-0.2, 0) is 7.05 Å². The lowest BCUT2D eigenvalue weighted by Gasteiger charge is -1.97. The zero-order valence-corrected chi connectivity index (χ0v) is 13.1. The van der Waals surface area contributed by atoms with Crippen molar-refractivity contribution in [1.82, 2.24) is 4.57 Å². The maximum Gasteiger partial charge on any atom is 0.237 e. The molecule has 0 aliphatic carbocycles. The quantitative estimate of drug-likeness (QED) is 0.660. The molecule has 22 heavy (non-hydrogen) atoms. The highest BCUT2D eigenvalue weighted by molar-refractivity contribution is 6.01. The first-order valence-electron chi connectivity index (χ1n) is 7.12. The standard InChI is InChI=1S/C18H17N3O/c1-11-13(3)22-18(15(11)9-19)20-10-16-12(2)21(4)17-8-6-5-7-14(16)17/h5-8,10H,1-4H3. The number of hydrogen-bond donors (Lipinski definition) is 0. The van der Waals surface area contributed by atoms with Crippen molar-refractivity contribution in [1.29, 1.82) is 5.26 Å². The maximum absolute atomic E-state index is 9.25. The van der Waals surface area contributed by atoms with Crippen molar-refractivity contribution in [2.45, 2.75) is 20.8 Å². The molecular weight excluding hydrogens is 274 g/mol. The van der Waals surface area contributed by atoms with Gasteiger partial charge in [0, 0.05) is 41.0 Å². The molecule has 1 aromatic carbocycles. The molecule has 0 spiro atoms. The first-order valence-corrected chi connectivity index (χ1v) is 7.12. The Kier molecular flexibility index (Phi) is 3.34. The summed E-state index contributed by atoms with van der Waals surface area (Å²) in [4.78, 5) is 4.43. The fourth-order valence-electron chi connectivity index (χ4n) is 2.67. The van der Waals surface area contributed by atoms with Gasteiger partial charge in [-0.05, 0) is 26.8 Å². The number of rotatable bonds is 2. The largest absolute Gasteiger partial charge is 0.442 e.